The minimum Gasteiger partial charge on any atom is -0.494 e. The molecule has 6 aliphatic heterocycles. The molecular weight excluding hydrogens is 1720 g/mol. The number of nitrogens with one attached hydrogen (secondary N) is 3. The lowest BCUT2D eigenvalue weighted by Crippen LogP contribution is -2.36. The van der Waals surface area contributed by atoms with Crippen LogP contribution in [0.2, 0.25) is 5.15 Å². The quantitative estimate of drug-likeness (QED) is 0.0383. The molecule has 133 heavy (non-hydrogen) atoms. The van der Waals surface area contributed by atoms with Gasteiger partial charge < -0.3 is 88.8 Å². The van der Waals surface area contributed by atoms with Gasteiger partial charge in [-0.2, -0.15) is 14.4 Å². The van der Waals surface area contributed by atoms with Gasteiger partial charge in [0.2, 0.25) is 23.3 Å². The Labute approximate surface area is 768 Å². The van der Waals surface area contributed by atoms with Crippen LogP contribution in [0.25, 0.3) is 71.0 Å². The molecule has 5 N–H and O–H groups in total. The summed E-state index contributed by atoms with van der Waals surface area (Å²) in [5.74, 6) is 7.66. The molecule has 17 heterocycles. The predicted molar refractivity (Wildman–Crippen MR) is 494 cm³/mol. The summed E-state index contributed by atoms with van der Waals surface area (Å²) in [6, 6.07) is 22.8. The Morgan fingerprint density at radius 3 is 1.26 bits per heavy atom. The summed E-state index contributed by atoms with van der Waals surface area (Å²) in [6.45, 7) is 37.8. The van der Waals surface area contributed by atoms with E-state index in [-0.39, 0.29) is 35.7 Å². The van der Waals surface area contributed by atoms with Crippen molar-refractivity contribution in [2.75, 3.05) is 150 Å². The van der Waals surface area contributed by atoms with Gasteiger partial charge in [0.15, 0.2) is 57.4 Å². The molecule has 0 bridgehead atoms. The fourth-order valence-corrected chi connectivity index (χ4v) is 16.6. The topological polar surface area (TPSA) is 454 Å². The normalized spacial score (nSPS) is 15.9. The molecule has 14 aromatic rings. The molecule has 0 spiro atoms. The van der Waals surface area contributed by atoms with Crippen LogP contribution in [0.3, 0.4) is 0 Å². The molecule has 11 aromatic heterocycles. The maximum atomic E-state index is 7.80. The number of anilines is 10. The van der Waals surface area contributed by atoms with Gasteiger partial charge in [0.25, 0.3) is 0 Å². The third-order valence-corrected chi connectivity index (χ3v) is 22.6. The van der Waals surface area contributed by atoms with Gasteiger partial charge in [0.05, 0.1) is 181 Å². The molecule has 0 radical (unpaired) electrons. The number of aromatic nitrogens is 25. The van der Waals surface area contributed by atoms with E-state index in [9.17, 15) is 0 Å². The number of benzene rings is 3. The van der Waals surface area contributed by atoms with E-state index in [0.29, 0.717) is 200 Å². The van der Waals surface area contributed by atoms with Crippen LogP contribution in [0.15, 0.2) is 96.4 Å². The monoisotopic (exact) mass is 1820 g/mol. The van der Waals surface area contributed by atoms with Crippen LogP contribution >= 0.6 is 11.6 Å². The zero-order valence-electron chi connectivity index (χ0n) is 74.6. The predicted octanol–water partition coefficient (Wildman–Crippen LogP) is 12.1. The number of aryl methyl sites for hydroxylation is 5. The van der Waals surface area contributed by atoms with Crippen LogP contribution in [0.5, 0.6) is 17.2 Å². The number of morpholine rings is 3. The molecule has 5 fully saturated rings. The summed E-state index contributed by atoms with van der Waals surface area (Å²) in [5, 5.41) is 48.1. The lowest BCUT2D eigenvalue weighted by molar-refractivity contribution is -0.0310. The molecule has 0 aliphatic carbocycles. The Balaban J connectivity index is 0.000000130. The first kappa shape index (κ1) is 89.7. The highest BCUT2D eigenvalue weighted by atomic mass is 35.5. The molecule has 45 heteroatoms. The molecule has 0 saturated carbocycles. The van der Waals surface area contributed by atoms with Crippen molar-refractivity contribution in [3.63, 3.8) is 0 Å². The minimum absolute atomic E-state index is 0.0897. The molecule has 0 amide bonds. The van der Waals surface area contributed by atoms with Gasteiger partial charge in [-0.05, 0) is 123 Å². The first-order valence-corrected chi connectivity index (χ1v) is 43.5. The van der Waals surface area contributed by atoms with E-state index in [0.717, 1.165) is 132 Å². The number of imidazole rings is 2. The number of methoxy groups -OCH3 is 3. The Bertz CT molecular complexity index is 6740. The van der Waals surface area contributed by atoms with Gasteiger partial charge in [-0.1, -0.05) is 54.5 Å². The number of hydrogen-bond acceptors (Lipinski definition) is 36. The molecule has 5 saturated heterocycles. The highest BCUT2D eigenvalue weighted by molar-refractivity contribution is 6.30. The molecule has 20 rings (SSSR count). The smallest absolute Gasteiger partial charge is 0.314 e. The molecule has 682 valence electrons. The number of ether oxygens (including phenoxy) is 8. The first-order chi connectivity index (χ1) is 64.9. The number of pyridine rings is 3. The van der Waals surface area contributed by atoms with E-state index in [2.05, 4.69) is 111 Å². The highest BCUT2D eigenvalue weighted by Gasteiger charge is 2.31. The van der Waals surface area contributed by atoms with Crippen LogP contribution in [0, 0.1) is 33.6 Å². The number of nitrogens with two attached hydrogens (primary N) is 1. The lowest BCUT2D eigenvalue weighted by Gasteiger charge is -2.28. The van der Waals surface area contributed by atoms with Crippen molar-refractivity contribution >= 4 is 120 Å². The van der Waals surface area contributed by atoms with Gasteiger partial charge in [-0.3, -0.25) is 19.1 Å². The number of nitrogens with zero attached hydrogens (tertiary/aromatic N) is 32. The van der Waals surface area contributed by atoms with Crippen molar-refractivity contribution in [1.29, 1.82) is 0 Å². The molecule has 6 aliphatic rings. The summed E-state index contributed by atoms with van der Waals surface area (Å²) in [6.07, 6.45) is 12.2. The maximum Gasteiger partial charge on any atom is 0.314 e. The summed E-state index contributed by atoms with van der Waals surface area (Å²) in [5.41, 5.74) is 20.3. The largest absolute Gasteiger partial charge is 0.494 e. The standard InChI is InChI=1S/C31H34N12O3.C27H27N11O2.C21H23ClN8O2.C9H11N5O/c1-19-34-26-24(37-23-9-7-8-22(27(23)44-4)28-38-40-41(3)39-28)17-20(36-30(26)43(19)25-10-5-6-13-46-25)16-21-18-33-31(29(32-2)35-21)42-11-14-45-15-12-42;1-16-12-21-23(30-16)22(33-20-7-5-6-19(24(20)39-4)25-34-36-37(3)35-25)14-17(31-21)13-18-15-29-27(26(28-2)32-18)38-8-10-40-11-9-38;1-12-23-18-15(11-16(22)25-21(18)30(12)17-9-4-5-10-32-17)24-14-8-6-7-13(19(14)31-3)20-26-28-29(2)27-20;1-11-8-9(12-6-7(10)13-8)14-2-4-15-5-3-14/h7-9,17-18,25H,5-6,10-16H2,1,3-4H3,(H,36,37);5-7,14-15H,8-13H2,1,3-4H3,(H,31,33);6-8,11,17H,4-5,9-10H2,1-3H3,(H,24,25);6H,2-5H2,(H2,10,13). The van der Waals surface area contributed by atoms with E-state index in [4.69, 9.17) is 105 Å². The molecular formula is C88H95ClN36O8. The number of para-hydroxylation sites is 3. The number of rotatable bonds is 21. The second-order valence-corrected chi connectivity index (χ2v) is 31.9. The van der Waals surface area contributed by atoms with E-state index < -0.39 is 0 Å². The second-order valence-electron chi connectivity index (χ2n) is 31.5. The van der Waals surface area contributed by atoms with Crippen LogP contribution in [0.1, 0.15) is 98.0 Å². The Kier molecular flexibility index (Phi) is 27.5. The van der Waals surface area contributed by atoms with E-state index >= 15 is 0 Å². The molecule has 3 aromatic carbocycles. The van der Waals surface area contributed by atoms with Gasteiger partial charge in [0, 0.05) is 70.7 Å². The van der Waals surface area contributed by atoms with Gasteiger partial charge in [0.1, 0.15) is 46.0 Å². The number of fused-ring (bicyclic) bond motifs is 3. The first-order valence-electron chi connectivity index (χ1n) is 43.1. The summed E-state index contributed by atoms with van der Waals surface area (Å²) in [7, 11) is 9.98. The third kappa shape index (κ3) is 20.1. The zero-order chi connectivity index (χ0) is 92.2. The zero-order valence-corrected chi connectivity index (χ0v) is 75.4. The number of hydrogen-bond donors (Lipinski definition) is 4. The third-order valence-electron chi connectivity index (χ3n) is 22.4. The van der Waals surface area contributed by atoms with E-state index in [1.54, 1.807) is 60.9 Å². The van der Waals surface area contributed by atoms with E-state index in [1.807, 2.05) is 107 Å². The SMILES string of the molecule is COc1c(Nc2cc(Cl)nc3c2nc(C)n3C2CCCCO2)cccc1-c1nnn(C)n1.[C-]#[N+]c1nc(Cc2cc(Nc3cccc(-c4nnn(C)n4)c3OC)c3c(n2)CC(C)=N3)cnc1N1CCOCC1.[C-]#[N+]c1nc(Cc2cc(Nc3cccc(-c4nnn(C)n4)c3OC)c3nc(C)n(C4CCCCO4)c3n2)cnc1N1CCOCC1.[C-]#[N+]c1nc(N)cnc1N1CCOCC1. The average molecular weight is 1820 g/mol. The van der Waals surface area contributed by atoms with Crippen LogP contribution in [0.4, 0.5) is 80.5 Å². The fourth-order valence-electron chi connectivity index (χ4n) is 16.4. The number of nitrogen functional groups attached to an aromatic ring is 1. The van der Waals surface area contributed by atoms with Gasteiger partial charge in [-0.25, -0.2) is 34.9 Å². The minimum atomic E-state index is -0.156. The van der Waals surface area contributed by atoms with Crippen LogP contribution in [-0.4, -0.2) is 244 Å². The Hall–Kier alpha value is -15.3. The average Bonchev–Trinajstić information content (AvgIpc) is 1.62. The maximum absolute atomic E-state index is 7.80. The molecule has 2 unspecified atom stereocenters. The second kappa shape index (κ2) is 40.8. The summed E-state index contributed by atoms with van der Waals surface area (Å²) >= 11 is 6.42. The van der Waals surface area contributed by atoms with Crippen molar-refractivity contribution < 1.29 is 37.9 Å². The van der Waals surface area contributed by atoms with Crippen molar-refractivity contribution in [2.24, 2.45) is 26.1 Å². The Morgan fingerprint density at radius 2 is 0.857 bits per heavy atom. The van der Waals surface area contributed by atoms with Crippen LogP contribution in [-0.2, 0) is 64.1 Å². The number of tetrazole rings is 3. The van der Waals surface area contributed by atoms with Crippen LogP contribution < -0.4 is 50.6 Å². The van der Waals surface area contributed by atoms with Crippen molar-refractivity contribution in [1.82, 2.24) is 125 Å². The highest BCUT2D eigenvalue weighted by Crippen LogP contribution is 2.45. The molecule has 44 nitrogen and oxygen atoms in total. The Morgan fingerprint density at radius 1 is 0.459 bits per heavy atom. The lowest BCUT2D eigenvalue weighted by atomic mass is 10.1. The van der Waals surface area contributed by atoms with Gasteiger partial charge in [-0.15, -0.1) is 40.6 Å². The van der Waals surface area contributed by atoms with E-state index in [1.165, 1.54) is 20.6 Å². The summed E-state index contributed by atoms with van der Waals surface area (Å²) in [4.78, 5) is 76.7. The number of aliphatic imine (C=N–C) groups is 1. The van der Waals surface area contributed by atoms with Gasteiger partial charge >= 0.3 is 17.5 Å². The van der Waals surface area contributed by atoms with Crippen molar-refractivity contribution in [3.05, 3.63) is 171 Å². The number of halogens is 1. The fraction of sp³-hybridized carbons (Fsp3) is 0.386. The van der Waals surface area contributed by atoms with Crippen molar-refractivity contribution in [2.45, 2.75) is 91.0 Å². The van der Waals surface area contributed by atoms with Crippen molar-refractivity contribution in [3.8, 4) is 51.4 Å². The summed E-state index contributed by atoms with van der Waals surface area (Å²) < 4.78 is 49.8. The molecule has 2 atom stereocenters.